The number of carbonyl (C=O) groups is 1. The van der Waals surface area contributed by atoms with Crippen molar-refractivity contribution in [3.05, 3.63) is 53.1 Å². The molecule has 0 atom stereocenters. The molecular weight excluding hydrogens is 330 g/mol. The summed E-state index contributed by atoms with van der Waals surface area (Å²) in [6.07, 6.45) is 1.47. The van der Waals surface area contributed by atoms with Gasteiger partial charge >= 0.3 is 6.03 Å². The van der Waals surface area contributed by atoms with Crippen molar-refractivity contribution in [1.29, 1.82) is 0 Å². The number of methoxy groups -OCH3 is 1. The van der Waals surface area contributed by atoms with Gasteiger partial charge in [-0.1, -0.05) is 29.8 Å². The standard InChI is InChI=1S/C17H18ClN3O3/c1-3-24-15-10-12(9-14(18)16(15)23-2)11-19-21-17(22)20-13-7-5-4-6-8-13/h4-11H,3H2,1-2H3,(H2,20,21,22)/b19-11+. The minimum Gasteiger partial charge on any atom is -0.491 e. The first-order chi connectivity index (χ1) is 11.6. The molecule has 24 heavy (non-hydrogen) atoms. The Balaban J connectivity index is 2.02. The van der Waals surface area contributed by atoms with Crippen molar-refractivity contribution in [2.45, 2.75) is 6.92 Å². The van der Waals surface area contributed by atoms with Gasteiger partial charge in [0.05, 0.1) is 25.0 Å². The molecule has 0 aliphatic rings. The highest BCUT2D eigenvalue weighted by atomic mass is 35.5. The van der Waals surface area contributed by atoms with Gasteiger partial charge in [0.2, 0.25) is 0 Å². The van der Waals surface area contributed by atoms with Crippen molar-refractivity contribution in [3.8, 4) is 11.5 Å². The maximum Gasteiger partial charge on any atom is 0.339 e. The second-order valence-electron chi connectivity index (χ2n) is 4.66. The summed E-state index contributed by atoms with van der Waals surface area (Å²) in [5.74, 6) is 0.980. The van der Waals surface area contributed by atoms with Crippen molar-refractivity contribution in [2.75, 3.05) is 19.0 Å². The fourth-order valence-electron chi connectivity index (χ4n) is 1.97. The zero-order chi connectivity index (χ0) is 17.4. The van der Waals surface area contributed by atoms with E-state index in [0.717, 1.165) is 0 Å². The number of urea groups is 1. The van der Waals surface area contributed by atoms with Crippen LogP contribution in [0.4, 0.5) is 10.5 Å². The number of nitrogens with one attached hydrogen (secondary N) is 2. The lowest BCUT2D eigenvalue weighted by Gasteiger charge is -2.11. The van der Waals surface area contributed by atoms with E-state index in [0.29, 0.717) is 34.4 Å². The van der Waals surface area contributed by atoms with E-state index in [4.69, 9.17) is 21.1 Å². The van der Waals surface area contributed by atoms with E-state index in [-0.39, 0.29) is 0 Å². The maximum atomic E-state index is 11.7. The SMILES string of the molecule is CCOc1cc(/C=N/NC(=O)Nc2ccccc2)cc(Cl)c1OC. The van der Waals surface area contributed by atoms with E-state index in [9.17, 15) is 4.79 Å². The average Bonchev–Trinajstić information content (AvgIpc) is 2.56. The van der Waals surface area contributed by atoms with Gasteiger partial charge in [-0.2, -0.15) is 5.10 Å². The first-order valence-corrected chi connectivity index (χ1v) is 7.67. The molecule has 0 radical (unpaired) electrons. The van der Waals surface area contributed by atoms with Crippen molar-refractivity contribution in [3.63, 3.8) is 0 Å². The third-order valence-corrected chi connectivity index (χ3v) is 3.23. The number of benzene rings is 2. The monoisotopic (exact) mass is 347 g/mol. The lowest BCUT2D eigenvalue weighted by atomic mass is 10.2. The molecule has 0 heterocycles. The number of halogens is 1. The minimum atomic E-state index is -0.443. The van der Waals surface area contributed by atoms with Crippen molar-refractivity contribution < 1.29 is 14.3 Å². The lowest BCUT2D eigenvalue weighted by molar-refractivity contribution is 0.252. The number of nitrogens with zero attached hydrogens (tertiary/aromatic N) is 1. The lowest BCUT2D eigenvalue weighted by Crippen LogP contribution is -2.24. The van der Waals surface area contributed by atoms with Gasteiger partial charge in [0.1, 0.15) is 0 Å². The van der Waals surface area contributed by atoms with Crippen molar-refractivity contribution in [2.24, 2.45) is 5.10 Å². The topological polar surface area (TPSA) is 72.0 Å². The van der Waals surface area contributed by atoms with Gasteiger partial charge in [0, 0.05) is 5.69 Å². The smallest absolute Gasteiger partial charge is 0.339 e. The fourth-order valence-corrected chi connectivity index (χ4v) is 2.27. The van der Waals surface area contributed by atoms with Gasteiger partial charge in [-0.25, -0.2) is 10.2 Å². The highest BCUT2D eigenvalue weighted by molar-refractivity contribution is 6.32. The summed E-state index contributed by atoms with van der Waals surface area (Å²) in [5.41, 5.74) is 3.73. The van der Waals surface area contributed by atoms with Crippen molar-refractivity contribution >= 4 is 29.5 Å². The summed E-state index contributed by atoms with van der Waals surface area (Å²) in [4.78, 5) is 11.7. The second kappa shape index (κ2) is 8.79. The molecule has 0 saturated carbocycles. The third-order valence-electron chi connectivity index (χ3n) is 2.95. The van der Waals surface area contributed by atoms with Gasteiger partial charge in [-0.05, 0) is 36.8 Å². The molecule has 0 aliphatic carbocycles. The summed E-state index contributed by atoms with van der Waals surface area (Å²) in [7, 11) is 1.52. The highest BCUT2D eigenvalue weighted by Gasteiger charge is 2.10. The third kappa shape index (κ3) is 4.89. The number of rotatable bonds is 6. The Labute approximate surface area is 145 Å². The number of hydrogen-bond donors (Lipinski definition) is 2. The van der Waals surface area contributed by atoms with Crippen LogP contribution in [0.3, 0.4) is 0 Å². The molecule has 0 aromatic heterocycles. The molecule has 7 heteroatoms. The Hall–Kier alpha value is -2.73. The first kappa shape index (κ1) is 17.6. The zero-order valence-electron chi connectivity index (χ0n) is 13.4. The highest BCUT2D eigenvalue weighted by Crippen LogP contribution is 2.35. The molecule has 0 bridgehead atoms. The van der Waals surface area contributed by atoms with Gasteiger partial charge in [-0.15, -0.1) is 0 Å². The van der Waals surface area contributed by atoms with Crippen LogP contribution in [0.25, 0.3) is 0 Å². The van der Waals surface area contributed by atoms with E-state index in [1.54, 1.807) is 24.3 Å². The number of ether oxygens (including phenoxy) is 2. The first-order valence-electron chi connectivity index (χ1n) is 7.29. The number of hydrogen-bond acceptors (Lipinski definition) is 4. The summed E-state index contributed by atoms with van der Waals surface area (Å²) in [6.45, 7) is 2.34. The molecule has 6 nitrogen and oxygen atoms in total. The summed E-state index contributed by atoms with van der Waals surface area (Å²) in [6, 6.07) is 12.0. The molecule has 2 N–H and O–H groups in total. The molecule has 0 spiro atoms. The van der Waals surface area contributed by atoms with Crippen LogP contribution in [0.5, 0.6) is 11.5 Å². The number of carbonyl (C=O) groups excluding carboxylic acids is 1. The maximum absolute atomic E-state index is 11.7. The summed E-state index contributed by atoms with van der Waals surface area (Å²) in [5, 5.41) is 6.95. The zero-order valence-corrected chi connectivity index (χ0v) is 14.1. The van der Waals surface area contributed by atoms with Crippen molar-refractivity contribution in [1.82, 2.24) is 5.43 Å². The van der Waals surface area contributed by atoms with E-state index < -0.39 is 6.03 Å². The molecule has 0 aliphatic heterocycles. The van der Waals surface area contributed by atoms with Gasteiger partial charge < -0.3 is 14.8 Å². The molecule has 2 amide bonds. The Kier molecular flexibility index (Phi) is 6.45. The predicted molar refractivity (Wildman–Crippen MR) is 95.4 cm³/mol. The Bertz CT molecular complexity index is 721. The quantitative estimate of drug-likeness (QED) is 0.615. The van der Waals surface area contributed by atoms with E-state index in [2.05, 4.69) is 15.8 Å². The normalized spacial score (nSPS) is 10.5. The average molecular weight is 348 g/mol. The molecule has 2 rings (SSSR count). The minimum absolute atomic E-state index is 0.402. The molecule has 0 fully saturated rings. The van der Waals surface area contributed by atoms with E-state index in [1.165, 1.54) is 13.3 Å². The molecular formula is C17H18ClN3O3. The van der Waals surface area contributed by atoms with E-state index >= 15 is 0 Å². The van der Waals surface area contributed by atoms with E-state index in [1.807, 2.05) is 25.1 Å². The number of amides is 2. The number of anilines is 1. The summed E-state index contributed by atoms with van der Waals surface area (Å²) >= 11 is 6.15. The molecule has 2 aromatic carbocycles. The van der Waals surface area contributed by atoms with Gasteiger partial charge in [-0.3, -0.25) is 0 Å². The molecule has 0 saturated heterocycles. The molecule has 126 valence electrons. The number of hydrazone groups is 1. The number of para-hydroxylation sites is 1. The van der Waals surface area contributed by atoms with Gasteiger partial charge in [0.15, 0.2) is 11.5 Å². The Morgan fingerprint density at radius 2 is 2.04 bits per heavy atom. The van der Waals surface area contributed by atoms with Crippen LogP contribution in [-0.4, -0.2) is 26.0 Å². The fraction of sp³-hybridized carbons (Fsp3) is 0.176. The van der Waals surface area contributed by atoms with Crippen LogP contribution in [0.15, 0.2) is 47.6 Å². The Morgan fingerprint density at radius 3 is 2.71 bits per heavy atom. The molecule has 0 unspecified atom stereocenters. The second-order valence-corrected chi connectivity index (χ2v) is 5.06. The van der Waals surface area contributed by atoms with Crippen LogP contribution in [0.2, 0.25) is 5.02 Å². The van der Waals surface area contributed by atoms with Crippen LogP contribution in [0.1, 0.15) is 12.5 Å². The van der Waals surface area contributed by atoms with Gasteiger partial charge in [0.25, 0.3) is 0 Å². The van der Waals surface area contributed by atoms with Crippen LogP contribution in [-0.2, 0) is 0 Å². The largest absolute Gasteiger partial charge is 0.491 e. The van der Waals surface area contributed by atoms with Crippen LogP contribution < -0.4 is 20.2 Å². The Morgan fingerprint density at radius 1 is 1.29 bits per heavy atom. The summed E-state index contributed by atoms with van der Waals surface area (Å²) < 4.78 is 10.7. The predicted octanol–water partition coefficient (Wildman–Crippen LogP) is 3.90. The molecule has 2 aromatic rings. The van der Waals surface area contributed by atoms with Crippen LogP contribution in [0, 0.1) is 0 Å². The van der Waals surface area contributed by atoms with Crippen LogP contribution >= 0.6 is 11.6 Å².